The molecule has 0 saturated heterocycles. The summed E-state index contributed by atoms with van der Waals surface area (Å²) in [4.78, 5) is 0. The highest BCUT2D eigenvalue weighted by molar-refractivity contribution is 7.25. The predicted molar refractivity (Wildman–Crippen MR) is 207 cm³/mol. The molecule has 48 heavy (non-hydrogen) atoms. The molecule has 0 saturated carbocycles. The summed E-state index contributed by atoms with van der Waals surface area (Å²) in [7, 11) is 4.36. The third-order valence-corrected chi connectivity index (χ3v) is 11.8. The first kappa shape index (κ1) is 26.3. The van der Waals surface area contributed by atoms with Gasteiger partial charge in [0.2, 0.25) is 0 Å². The van der Waals surface area contributed by atoms with Crippen molar-refractivity contribution < 1.29 is 0 Å². The molecule has 0 aliphatic heterocycles. The van der Waals surface area contributed by atoms with Crippen molar-refractivity contribution in [1.82, 2.24) is 13.7 Å². The van der Waals surface area contributed by atoms with Crippen molar-refractivity contribution in [3.63, 3.8) is 0 Å². The Bertz CT molecular complexity index is 3140. The lowest BCUT2D eigenvalue weighted by Crippen LogP contribution is -1.95. The molecule has 0 radical (unpaired) electrons. The number of aromatic nitrogens is 3. The van der Waals surface area contributed by atoms with E-state index in [0.717, 1.165) is 0 Å². The zero-order valence-corrected chi connectivity index (χ0v) is 27.3. The van der Waals surface area contributed by atoms with Gasteiger partial charge in [-0.05, 0) is 77.9 Å². The molecule has 226 valence electrons. The van der Waals surface area contributed by atoms with Crippen LogP contribution >= 0.6 is 11.3 Å². The van der Waals surface area contributed by atoms with Crippen molar-refractivity contribution in [2.45, 2.75) is 0 Å². The van der Waals surface area contributed by atoms with Gasteiger partial charge in [-0.3, -0.25) is 0 Å². The third kappa shape index (κ3) is 3.42. The smallest absolute Gasteiger partial charge is 0.0562 e. The number of aryl methyl sites for hydroxylation is 2. The van der Waals surface area contributed by atoms with Gasteiger partial charge in [-0.25, -0.2) is 0 Å². The lowest BCUT2D eigenvalue weighted by atomic mass is 10.0. The van der Waals surface area contributed by atoms with Crippen LogP contribution in [0.2, 0.25) is 0 Å². The summed E-state index contributed by atoms with van der Waals surface area (Å²) in [6.07, 6.45) is 0. The molecule has 0 amide bonds. The summed E-state index contributed by atoms with van der Waals surface area (Å²) < 4.78 is 9.76. The Labute approximate surface area is 280 Å². The van der Waals surface area contributed by atoms with Gasteiger partial charge in [0, 0.05) is 83.3 Å². The highest BCUT2D eigenvalue weighted by Crippen LogP contribution is 2.42. The molecule has 0 unspecified atom stereocenters. The Morgan fingerprint density at radius 3 is 1.65 bits per heavy atom. The number of hydrogen-bond donors (Lipinski definition) is 0. The fraction of sp³-hybridized carbons (Fsp3) is 0.0455. The molecule has 4 heterocycles. The van der Waals surface area contributed by atoms with Gasteiger partial charge in [0.15, 0.2) is 0 Å². The largest absolute Gasteiger partial charge is 0.344 e. The number of para-hydroxylation sites is 3. The van der Waals surface area contributed by atoms with Crippen molar-refractivity contribution in [3.05, 3.63) is 140 Å². The molecule has 11 aromatic rings. The van der Waals surface area contributed by atoms with E-state index in [0.29, 0.717) is 0 Å². The van der Waals surface area contributed by atoms with Gasteiger partial charge in [0.1, 0.15) is 0 Å². The molecule has 11 rings (SSSR count). The summed E-state index contributed by atoms with van der Waals surface area (Å²) in [6.45, 7) is 0. The maximum atomic E-state index is 2.45. The summed E-state index contributed by atoms with van der Waals surface area (Å²) in [5.74, 6) is 0. The zero-order valence-electron chi connectivity index (χ0n) is 26.5. The predicted octanol–water partition coefficient (Wildman–Crippen LogP) is 12.1. The second kappa shape index (κ2) is 9.37. The first-order valence-electron chi connectivity index (χ1n) is 16.5. The fourth-order valence-corrected chi connectivity index (χ4v) is 9.43. The topological polar surface area (TPSA) is 14.8 Å². The molecule has 0 atom stereocenters. The average Bonchev–Trinajstić information content (AvgIpc) is 3.83. The van der Waals surface area contributed by atoms with E-state index >= 15 is 0 Å². The molecule has 0 aliphatic rings. The number of hydrogen-bond acceptors (Lipinski definition) is 1. The van der Waals surface area contributed by atoms with Crippen LogP contribution in [0.4, 0.5) is 0 Å². The van der Waals surface area contributed by atoms with Gasteiger partial charge in [0.25, 0.3) is 0 Å². The van der Waals surface area contributed by atoms with Crippen molar-refractivity contribution in [3.8, 4) is 16.8 Å². The second-order valence-electron chi connectivity index (χ2n) is 13.1. The normalized spacial score (nSPS) is 12.4. The zero-order chi connectivity index (χ0) is 31.7. The summed E-state index contributed by atoms with van der Waals surface area (Å²) >= 11 is 1.89. The quantitative estimate of drug-likeness (QED) is 0.180. The van der Waals surface area contributed by atoms with Crippen LogP contribution in [0.5, 0.6) is 0 Å². The Morgan fingerprint density at radius 2 is 0.917 bits per heavy atom. The molecule has 4 heteroatoms. The number of benzene rings is 7. The monoisotopic (exact) mass is 631 g/mol. The molecule has 0 fully saturated rings. The molecular formula is C44H29N3S. The standard InChI is InChI=1S/C44H29N3S/c1-45-37-15-6-3-12-29(37)32-22-34-31-14-5-8-17-39(31)47(42(34)24-40(32)45)28-11-9-10-26(20-28)27-18-19-43-35(21-27)36-23-33-30-13-4-7-16-38(30)46(2)41(33)25-44(36)48-43/h3-25H,1-2H3. The van der Waals surface area contributed by atoms with Crippen molar-refractivity contribution >= 4 is 96.9 Å². The van der Waals surface area contributed by atoms with Gasteiger partial charge in [-0.2, -0.15) is 0 Å². The lowest BCUT2D eigenvalue weighted by Gasteiger charge is -2.11. The van der Waals surface area contributed by atoms with Gasteiger partial charge in [-0.1, -0.05) is 72.8 Å². The third-order valence-electron chi connectivity index (χ3n) is 10.6. The van der Waals surface area contributed by atoms with Crippen LogP contribution in [0, 0.1) is 0 Å². The Kier molecular flexibility index (Phi) is 5.13. The van der Waals surface area contributed by atoms with Gasteiger partial charge in [0.05, 0.1) is 22.1 Å². The van der Waals surface area contributed by atoms with E-state index in [4.69, 9.17) is 0 Å². The minimum Gasteiger partial charge on any atom is -0.344 e. The summed E-state index contributed by atoms with van der Waals surface area (Å²) in [5.41, 5.74) is 11.1. The van der Waals surface area contributed by atoms with E-state index in [2.05, 4.69) is 167 Å². The van der Waals surface area contributed by atoms with Crippen LogP contribution in [0.1, 0.15) is 0 Å². The molecule has 0 bridgehead atoms. The number of fused-ring (bicyclic) bond motifs is 12. The SMILES string of the molecule is Cn1c2ccccc2c2cc3c(cc21)sc1ccc(-c2cccc(-n4c5ccccc5c5cc6c7ccccc7n(C)c6cc54)c2)cc13. The molecule has 3 nitrogen and oxygen atoms in total. The fourth-order valence-electron chi connectivity index (χ4n) is 8.33. The van der Waals surface area contributed by atoms with E-state index in [1.807, 2.05) is 11.3 Å². The Hall–Kier alpha value is -5.84. The van der Waals surface area contributed by atoms with E-state index < -0.39 is 0 Å². The van der Waals surface area contributed by atoms with Crippen LogP contribution in [0.25, 0.3) is 102 Å². The second-order valence-corrected chi connectivity index (χ2v) is 14.2. The van der Waals surface area contributed by atoms with Gasteiger partial charge < -0.3 is 13.7 Å². The lowest BCUT2D eigenvalue weighted by molar-refractivity contribution is 1.01. The highest BCUT2D eigenvalue weighted by atomic mass is 32.1. The number of nitrogens with zero attached hydrogens (tertiary/aromatic N) is 3. The highest BCUT2D eigenvalue weighted by Gasteiger charge is 2.18. The molecule has 0 spiro atoms. The summed E-state index contributed by atoms with van der Waals surface area (Å²) in [6, 6.07) is 51.9. The van der Waals surface area contributed by atoms with Crippen LogP contribution < -0.4 is 0 Å². The number of rotatable bonds is 2. The molecule has 0 aliphatic carbocycles. The van der Waals surface area contributed by atoms with Gasteiger partial charge >= 0.3 is 0 Å². The maximum absolute atomic E-state index is 2.45. The van der Waals surface area contributed by atoms with Crippen LogP contribution in [0.3, 0.4) is 0 Å². The number of thiophene rings is 1. The molecule has 4 aromatic heterocycles. The van der Waals surface area contributed by atoms with E-state index in [1.165, 1.54) is 102 Å². The van der Waals surface area contributed by atoms with Crippen molar-refractivity contribution in [2.24, 2.45) is 14.1 Å². The van der Waals surface area contributed by atoms with Crippen molar-refractivity contribution in [1.29, 1.82) is 0 Å². The average molecular weight is 632 g/mol. The van der Waals surface area contributed by atoms with E-state index in [9.17, 15) is 0 Å². The Morgan fingerprint density at radius 1 is 0.354 bits per heavy atom. The first-order valence-corrected chi connectivity index (χ1v) is 17.3. The molecule has 0 N–H and O–H groups in total. The van der Waals surface area contributed by atoms with E-state index in [-0.39, 0.29) is 0 Å². The van der Waals surface area contributed by atoms with Crippen LogP contribution in [-0.2, 0) is 14.1 Å². The van der Waals surface area contributed by atoms with Crippen molar-refractivity contribution in [2.75, 3.05) is 0 Å². The summed E-state index contributed by atoms with van der Waals surface area (Å²) in [5, 5.41) is 10.4. The maximum Gasteiger partial charge on any atom is 0.0562 e. The van der Waals surface area contributed by atoms with Crippen LogP contribution in [0.15, 0.2) is 140 Å². The Balaban J connectivity index is 1.12. The van der Waals surface area contributed by atoms with Gasteiger partial charge in [-0.15, -0.1) is 11.3 Å². The minimum atomic E-state index is 1.17. The first-order chi connectivity index (χ1) is 23.6. The molecule has 7 aromatic carbocycles. The minimum absolute atomic E-state index is 1.17. The van der Waals surface area contributed by atoms with Crippen LogP contribution in [-0.4, -0.2) is 13.7 Å². The van der Waals surface area contributed by atoms with E-state index in [1.54, 1.807) is 0 Å². The molecular weight excluding hydrogens is 603 g/mol.